The van der Waals surface area contributed by atoms with Crippen molar-refractivity contribution in [1.82, 2.24) is 0 Å². The van der Waals surface area contributed by atoms with Gasteiger partial charge in [-0.1, -0.05) is 13.0 Å². The van der Waals surface area contributed by atoms with Crippen molar-refractivity contribution in [3.63, 3.8) is 0 Å². The number of sulfonamides is 2. The molecule has 0 aliphatic carbocycles. The number of aromatic nitrogens is 1. The molecule has 11 nitrogen and oxygen atoms in total. The van der Waals surface area contributed by atoms with E-state index in [1.165, 1.54) is 11.8 Å². The first-order chi connectivity index (χ1) is 17.4. The number of ether oxygens (including phenoxy) is 1. The summed E-state index contributed by atoms with van der Waals surface area (Å²) in [7, 11) is -13.4. The Morgan fingerprint density at radius 2 is 1.55 bits per heavy atom. The summed E-state index contributed by atoms with van der Waals surface area (Å²) < 4.78 is 116. The van der Waals surface area contributed by atoms with Crippen molar-refractivity contribution in [1.29, 1.82) is 0 Å². The van der Waals surface area contributed by atoms with Gasteiger partial charge in [-0.25, -0.2) is 26.4 Å². The number of pyridine rings is 1. The molecule has 1 amide bonds. The number of aliphatic imine (C=N–C) groups is 1. The smallest absolute Gasteiger partial charge is 0.443 e. The molecule has 19 heteroatoms. The Morgan fingerprint density at radius 1 is 1.00 bits per heavy atom. The number of amides is 1. The van der Waals surface area contributed by atoms with Gasteiger partial charge in [0.25, 0.3) is 0 Å². The van der Waals surface area contributed by atoms with Crippen molar-refractivity contribution in [2.24, 2.45) is 4.99 Å². The van der Waals surface area contributed by atoms with Crippen LogP contribution in [0.1, 0.15) is 12.6 Å². The Bertz CT molecular complexity index is 1320. The Hall–Kier alpha value is -3.54. The first-order valence-electron chi connectivity index (χ1n) is 9.89. The van der Waals surface area contributed by atoms with Gasteiger partial charge in [0.15, 0.2) is 45.1 Å². The number of nitrogens with one attached hydrogen (secondary N) is 1. The number of hydrogen-bond donors (Lipinski definition) is 1. The minimum absolute atomic E-state index is 0.279. The minimum Gasteiger partial charge on any atom is -0.443 e. The number of carbonyl (C=O) groups excluding carboxylic acids is 2. The largest absolute Gasteiger partial charge is 0.480 e. The van der Waals surface area contributed by atoms with Crippen molar-refractivity contribution in [2.45, 2.75) is 30.9 Å². The van der Waals surface area contributed by atoms with E-state index in [-0.39, 0.29) is 6.61 Å². The third-order valence-electron chi connectivity index (χ3n) is 4.03. The molecule has 0 aliphatic heterocycles. The Kier molecular flexibility index (Phi) is 11.4. The summed E-state index contributed by atoms with van der Waals surface area (Å²) in [5.41, 5.74) is -10.2. The van der Waals surface area contributed by atoms with Crippen molar-refractivity contribution >= 4 is 43.6 Å². The number of rotatable bonds is 8. The standard InChI is InChI=1S/C17H17N3O3.C2F6NO4S2/c1-2-16-5-3-4-10-20(16)11-12-23-17(22)19-15-8-6-14(7-9-15)18-13-21;3-1(4,5)14(10,11)9-15(12,13)2(6,7)8/h3-10H,2,11-12H2,1H3;/q;-1/p+1. The van der Waals surface area contributed by atoms with Crippen LogP contribution >= 0.6 is 0 Å². The number of aryl methyl sites for hydroxylation is 1. The van der Waals surface area contributed by atoms with E-state index in [0.29, 0.717) is 17.9 Å². The predicted octanol–water partition coefficient (Wildman–Crippen LogP) is 3.81. The van der Waals surface area contributed by atoms with Crippen molar-refractivity contribution in [2.75, 3.05) is 11.9 Å². The topological polar surface area (TPSA) is 154 Å². The molecule has 0 fully saturated rings. The van der Waals surface area contributed by atoms with Gasteiger partial charge in [-0.3, -0.25) is 5.32 Å². The van der Waals surface area contributed by atoms with E-state index < -0.39 is 37.2 Å². The molecule has 1 aromatic carbocycles. The van der Waals surface area contributed by atoms with Crippen molar-refractivity contribution in [3.8, 4) is 0 Å². The maximum atomic E-state index is 11.7. The van der Waals surface area contributed by atoms with Gasteiger partial charge >= 0.3 is 17.1 Å². The van der Waals surface area contributed by atoms with Crippen LogP contribution < -0.4 is 9.88 Å². The molecule has 0 bridgehead atoms. The minimum atomic E-state index is -6.72. The zero-order valence-corrected chi connectivity index (χ0v) is 20.7. The Balaban J connectivity index is 0.000000420. The van der Waals surface area contributed by atoms with Crippen LogP contribution in [0.3, 0.4) is 0 Å². The van der Waals surface area contributed by atoms with Gasteiger partial charge in [0.1, 0.15) is 0 Å². The number of anilines is 1. The van der Waals surface area contributed by atoms with Crippen LogP contribution in [0.4, 0.5) is 42.5 Å². The van der Waals surface area contributed by atoms with E-state index in [1.807, 2.05) is 24.4 Å². The van der Waals surface area contributed by atoms with Gasteiger partial charge in [-0.2, -0.15) is 35.9 Å². The fourth-order valence-electron chi connectivity index (χ4n) is 2.33. The van der Waals surface area contributed by atoms with Crippen LogP contribution in [0.15, 0.2) is 53.7 Å². The summed E-state index contributed by atoms with van der Waals surface area (Å²) in [5, 5.41) is 2.62. The lowest BCUT2D eigenvalue weighted by molar-refractivity contribution is -0.704. The van der Waals surface area contributed by atoms with E-state index in [2.05, 4.69) is 21.8 Å². The molecule has 0 unspecified atom stereocenters. The molecule has 0 atom stereocenters. The first kappa shape index (κ1) is 32.5. The second kappa shape index (κ2) is 13.3. The van der Waals surface area contributed by atoms with E-state index in [0.717, 1.165) is 10.5 Å². The van der Waals surface area contributed by atoms with Gasteiger partial charge in [-0.15, -0.1) is 0 Å². The highest BCUT2D eigenvalue weighted by Gasteiger charge is 2.46. The first-order valence-corrected chi connectivity index (χ1v) is 12.8. The highest BCUT2D eigenvalue weighted by molar-refractivity contribution is 8.13. The molecular formula is C19H18F6N4O7S2. The molecule has 210 valence electrons. The molecule has 0 saturated carbocycles. The zero-order valence-electron chi connectivity index (χ0n) is 19.0. The highest BCUT2D eigenvalue weighted by Crippen LogP contribution is 2.36. The summed E-state index contributed by atoms with van der Waals surface area (Å²) in [6, 6.07) is 12.5. The predicted molar refractivity (Wildman–Crippen MR) is 119 cm³/mol. The average Bonchev–Trinajstić information content (AvgIpc) is 2.79. The lowest BCUT2D eigenvalue weighted by Crippen LogP contribution is -2.40. The van der Waals surface area contributed by atoms with Gasteiger partial charge in [0, 0.05) is 24.2 Å². The fraction of sp³-hybridized carbons (Fsp3) is 0.316. The fourth-order valence-corrected chi connectivity index (χ4v) is 4.04. The number of benzene rings is 1. The quantitative estimate of drug-likeness (QED) is 0.212. The van der Waals surface area contributed by atoms with Gasteiger partial charge < -0.3 is 8.86 Å². The van der Waals surface area contributed by atoms with Gasteiger partial charge in [-0.05, 0) is 24.3 Å². The van der Waals surface area contributed by atoms with Crippen LogP contribution in [0.2, 0.25) is 0 Å². The SMILES string of the molecule is CCc1cccc[n+]1CCOC(=O)Nc1ccc(N=C=O)cc1.O=S(=O)([N-]S(=O)(=O)C(F)(F)F)C(F)(F)F. The summed E-state index contributed by atoms with van der Waals surface area (Å²) in [6.45, 7) is 2.96. The zero-order chi connectivity index (χ0) is 29.2. The Morgan fingerprint density at radius 3 is 2.03 bits per heavy atom. The van der Waals surface area contributed by atoms with E-state index in [9.17, 15) is 52.8 Å². The summed E-state index contributed by atoms with van der Waals surface area (Å²) in [6.07, 6.45) is 3.82. The van der Waals surface area contributed by atoms with Crippen LogP contribution in [0.5, 0.6) is 0 Å². The van der Waals surface area contributed by atoms with Crippen molar-refractivity contribution < 1.29 is 62.1 Å². The van der Waals surface area contributed by atoms with Gasteiger partial charge in [0.05, 0.1) is 5.69 Å². The lowest BCUT2D eigenvalue weighted by Gasteiger charge is -2.22. The highest BCUT2D eigenvalue weighted by atomic mass is 32.3. The molecule has 0 spiro atoms. The molecule has 1 aromatic heterocycles. The van der Waals surface area contributed by atoms with E-state index in [4.69, 9.17) is 4.74 Å². The molecular weight excluding hydrogens is 574 g/mol. The number of nitrogens with zero attached hydrogens (tertiary/aromatic N) is 3. The second-order valence-electron chi connectivity index (χ2n) is 6.67. The van der Waals surface area contributed by atoms with Crippen LogP contribution in [-0.2, 0) is 42.5 Å². The molecule has 2 rings (SSSR count). The average molecular weight is 592 g/mol. The molecule has 0 radical (unpaired) electrons. The maximum absolute atomic E-state index is 11.7. The maximum Gasteiger partial charge on any atom is 0.480 e. The number of hydrogen-bond acceptors (Lipinski definition) is 8. The van der Waals surface area contributed by atoms with Crippen LogP contribution in [0, 0.1) is 0 Å². The van der Waals surface area contributed by atoms with Crippen molar-refractivity contribution in [3.05, 3.63) is 58.5 Å². The molecule has 38 heavy (non-hydrogen) atoms. The van der Waals surface area contributed by atoms with E-state index >= 15 is 0 Å². The molecule has 0 aliphatic rings. The van der Waals surface area contributed by atoms with Gasteiger partial charge in [0.2, 0.25) is 6.08 Å². The normalized spacial score (nSPS) is 12.0. The molecule has 1 heterocycles. The molecule has 0 saturated heterocycles. The summed E-state index contributed by atoms with van der Waals surface area (Å²) in [4.78, 5) is 25.3. The van der Waals surface area contributed by atoms with Crippen LogP contribution in [0.25, 0.3) is 4.13 Å². The molecule has 2 aromatic rings. The third-order valence-corrected chi connectivity index (χ3v) is 6.77. The summed E-state index contributed by atoms with van der Waals surface area (Å²) in [5.74, 6) is 0. The monoisotopic (exact) mass is 592 g/mol. The third kappa shape index (κ3) is 10.1. The Labute approximate surface area is 212 Å². The number of alkyl halides is 6. The number of isocyanates is 1. The number of carbonyl (C=O) groups is 1. The van der Waals surface area contributed by atoms with Crippen LogP contribution in [-0.4, -0.2) is 46.6 Å². The van der Waals surface area contributed by atoms with E-state index in [1.54, 1.807) is 24.3 Å². The summed E-state index contributed by atoms with van der Waals surface area (Å²) >= 11 is 0. The molecule has 1 N–H and O–H groups in total. The second-order valence-corrected chi connectivity index (χ2v) is 10.1. The number of halogens is 6. The lowest BCUT2D eigenvalue weighted by atomic mass is 10.3.